The summed E-state index contributed by atoms with van der Waals surface area (Å²) in [6.45, 7) is 10.4. The first-order valence-corrected chi connectivity index (χ1v) is 4.38. The highest BCUT2D eigenvalue weighted by Crippen LogP contribution is 2.22. The van der Waals surface area contributed by atoms with E-state index in [9.17, 15) is 0 Å². The average Bonchev–Trinajstić information content (AvgIpc) is 2.04. The molecule has 1 aromatic rings. The van der Waals surface area contributed by atoms with Crippen LogP contribution in [-0.4, -0.2) is 0 Å². The predicted octanol–water partition coefficient (Wildman–Crippen LogP) is 3.76. The van der Waals surface area contributed by atoms with Crippen LogP contribution in [0.1, 0.15) is 36.5 Å². The monoisotopic (exact) mass is 160 g/mol. The molecule has 1 rings (SSSR count). The van der Waals surface area contributed by atoms with Crippen LogP contribution in [0.4, 0.5) is 0 Å². The standard InChI is InChI=1S/C12H16/c1-5-11-7-6-8-12(9(2)3)10(11)4/h5-9H,1H2,2-4H3. The Morgan fingerprint density at radius 2 is 2.00 bits per heavy atom. The lowest BCUT2D eigenvalue weighted by Gasteiger charge is -2.11. The van der Waals surface area contributed by atoms with Crippen molar-refractivity contribution in [3.05, 3.63) is 41.5 Å². The van der Waals surface area contributed by atoms with E-state index in [2.05, 4.69) is 45.5 Å². The first-order chi connectivity index (χ1) is 5.66. The van der Waals surface area contributed by atoms with Gasteiger partial charge in [-0.1, -0.05) is 44.7 Å². The van der Waals surface area contributed by atoms with E-state index < -0.39 is 0 Å². The maximum atomic E-state index is 3.79. The van der Waals surface area contributed by atoms with Gasteiger partial charge in [0.2, 0.25) is 0 Å². The fourth-order valence-electron chi connectivity index (χ4n) is 1.52. The molecule has 0 aromatic heterocycles. The molecule has 12 heavy (non-hydrogen) atoms. The largest absolute Gasteiger partial charge is 0.0985 e. The van der Waals surface area contributed by atoms with Crippen molar-refractivity contribution in [2.24, 2.45) is 0 Å². The van der Waals surface area contributed by atoms with E-state index in [0.717, 1.165) is 0 Å². The highest BCUT2D eigenvalue weighted by atomic mass is 14.1. The first-order valence-electron chi connectivity index (χ1n) is 4.38. The van der Waals surface area contributed by atoms with Gasteiger partial charge in [0.1, 0.15) is 0 Å². The third-order valence-electron chi connectivity index (χ3n) is 2.26. The Labute approximate surface area is 74.9 Å². The Kier molecular flexibility index (Phi) is 2.69. The van der Waals surface area contributed by atoms with Gasteiger partial charge in [0.25, 0.3) is 0 Å². The summed E-state index contributed by atoms with van der Waals surface area (Å²) in [5, 5.41) is 0. The maximum absolute atomic E-state index is 3.79. The molecule has 0 saturated heterocycles. The SMILES string of the molecule is C=Cc1cccc(C(C)C)c1C. The van der Waals surface area contributed by atoms with E-state index in [4.69, 9.17) is 0 Å². The molecule has 0 fully saturated rings. The summed E-state index contributed by atoms with van der Waals surface area (Å²) in [6, 6.07) is 6.39. The minimum Gasteiger partial charge on any atom is -0.0985 e. The van der Waals surface area contributed by atoms with Crippen LogP contribution in [0.5, 0.6) is 0 Å². The third kappa shape index (κ3) is 1.58. The molecule has 0 spiro atoms. The number of rotatable bonds is 2. The van der Waals surface area contributed by atoms with E-state index in [1.54, 1.807) is 0 Å². The highest BCUT2D eigenvalue weighted by Gasteiger charge is 2.04. The number of hydrogen-bond acceptors (Lipinski definition) is 0. The molecule has 0 atom stereocenters. The molecule has 0 unspecified atom stereocenters. The molecule has 0 nitrogen and oxygen atoms in total. The van der Waals surface area contributed by atoms with E-state index in [1.165, 1.54) is 16.7 Å². The van der Waals surface area contributed by atoms with Gasteiger partial charge in [-0.05, 0) is 29.5 Å². The van der Waals surface area contributed by atoms with Crippen molar-refractivity contribution in [3.63, 3.8) is 0 Å². The summed E-state index contributed by atoms with van der Waals surface area (Å²) in [5.41, 5.74) is 4.04. The molecular formula is C12H16. The zero-order valence-corrected chi connectivity index (χ0v) is 8.09. The van der Waals surface area contributed by atoms with E-state index in [1.807, 2.05) is 6.08 Å². The summed E-state index contributed by atoms with van der Waals surface area (Å²) >= 11 is 0. The van der Waals surface area contributed by atoms with E-state index in [-0.39, 0.29) is 0 Å². The lowest BCUT2D eigenvalue weighted by Crippen LogP contribution is -1.93. The molecule has 0 aliphatic rings. The van der Waals surface area contributed by atoms with Crippen molar-refractivity contribution >= 4 is 6.08 Å². The lowest BCUT2D eigenvalue weighted by molar-refractivity contribution is 0.856. The molecule has 0 saturated carbocycles. The number of hydrogen-bond donors (Lipinski definition) is 0. The molecule has 0 heteroatoms. The normalized spacial score (nSPS) is 10.3. The summed E-state index contributed by atoms with van der Waals surface area (Å²) in [4.78, 5) is 0. The molecule has 1 aromatic carbocycles. The molecule has 0 bridgehead atoms. The van der Waals surface area contributed by atoms with Crippen LogP contribution in [-0.2, 0) is 0 Å². The van der Waals surface area contributed by atoms with Gasteiger partial charge in [0.15, 0.2) is 0 Å². The van der Waals surface area contributed by atoms with Gasteiger partial charge in [-0.2, -0.15) is 0 Å². The molecule has 0 aliphatic carbocycles. The zero-order chi connectivity index (χ0) is 9.14. The van der Waals surface area contributed by atoms with E-state index >= 15 is 0 Å². The summed E-state index contributed by atoms with van der Waals surface area (Å²) < 4.78 is 0. The quantitative estimate of drug-likeness (QED) is 0.618. The second-order valence-corrected chi connectivity index (χ2v) is 3.42. The van der Waals surface area contributed by atoms with Gasteiger partial charge in [0.05, 0.1) is 0 Å². The van der Waals surface area contributed by atoms with Crippen LogP contribution < -0.4 is 0 Å². The van der Waals surface area contributed by atoms with Gasteiger partial charge in [-0.25, -0.2) is 0 Å². The molecule has 0 N–H and O–H groups in total. The van der Waals surface area contributed by atoms with Crippen LogP contribution in [0.2, 0.25) is 0 Å². The summed E-state index contributed by atoms with van der Waals surface area (Å²) in [5.74, 6) is 0.602. The minimum absolute atomic E-state index is 0.602. The van der Waals surface area contributed by atoms with E-state index in [0.29, 0.717) is 5.92 Å². The Balaban J connectivity index is 3.22. The minimum atomic E-state index is 0.602. The molecule has 0 aliphatic heterocycles. The van der Waals surface area contributed by atoms with Gasteiger partial charge in [-0.15, -0.1) is 0 Å². The van der Waals surface area contributed by atoms with Gasteiger partial charge in [0, 0.05) is 0 Å². The smallest absolute Gasteiger partial charge is 0.0216 e. The Morgan fingerprint density at radius 1 is 1.33 bits per heavy atom. The van der Waals surface area contributed by atoms with Gasteiger partial charge in [-0.3, -0.25) is 0 Å². The Hall–Kier alpha value is -1.04. The second-order valence-electron chi connectivity index (χ2n) is 3.42. The van der Waals surface area contributed by atoms with Crippen molar-refractivity contribution in [2.45, 2.75) is 26.7 Å². The second kappa shape index (κ2) is 3.57. The zero-order valence-electron chi connectivity index (χ0n) is 8.09. The fraction of sp³-hybridized carbons (Fsp3) is 0.333. The summed E-state index contributed by atoms with van der Waals surface area (Å²) in [6.07, 6.45) is 1.92. The van der Waals surface area contributed by atoms with Crippen molar-refractivity contribution in [1.29, 1.82) is 0 Å². The van der Waals surface area contributed by atoms with Crippen LogP contribution in [0.3, 0.4) is 0 Å². The fourth-order valence-corrected chi connectivity index (χ4v) is 1.52. The van der Waals surface area contributed by atoms with Crippen LogP contribution in [0, 0.1) is 6.92 Å². The van der Waals surface area contributed by atoms with Crippen LogP contribution in [0.15, 0.2) is 24.8 Å². The molecule has 64 valence electrons. The predicted molar refractivity (Wildman–Crippen MR) is 55.4 cm³/mol. The Morgan fingerprint density at radius 3 is 2.50 bits per heavy atom. The van der Waals surface area contributed by atoms with Crippen molar-refractivity contribution < 1.29 is 0 Å². The van der Waals surface area contributed by atoms with Crippen molar-refractivity contribution in [3.8, 4) is 0 Å². The Bertz CT molecular complexity index is 282. The maximum Gasteiger partial charge on any atom is -0.0216 e. The topological polar surface area (TPSA) is 0 Å². The number of benzene rings is 1. The van der Waals surface area contributed by atoms with Crippen LogP contribution in [0.25, 0.3) is 6.08 Å². The lowest BCUT2D eigenvalue weighted by atomic mass is 9.94. The molecule has 0 amide bonds. The molecule has 0 heterocycles. The molecule has 0 radical (unpaired) electrons. The third-order valence-corrected chi connectivity index (χ3v) is 2.26. The van der Waals surface area contributed by atoms with Gasteiger partial charge < -0.3 is 0 Å². The average molecular weight is 160 g/mol. The molecular weight excluding hydrogens is 144 g/mol. The highest BCUT2D eigenvalue weighted by molar-refractivity contribution is 5.54. The van der Waals surface area contributed by atoms with Gasteiger partial charge >= 0.3 is 0 Å². The van der Waals surface area contributed by atoms with Crippen LogP contribution >= 0.6 is 0 Å². The summed E-state index contributed by atoms with van der Waals surface area (Å²) in [7, 11) is 0. The van der Waals surface area contributed by atoms with Crippen molar-refractivity contribution in [1.82, 2.24) is 0 Å². The first kappa shape index (κ1) is 9.05. The van der Waals surface area contributed by atoms with Crippen molar-refractivity contribution in [2.75, 3.05) is 0 Å².